The molecule has 324 valence electrons. The van der Waals surface area contributed by atoms with Crippen molar-refractivity contribution in [3.63, 3.8) is 0 Å². The highest BCUT2D eigenvalue weighted by Gasteiger charge is 2.34. The summed E-state index contributed by atoms with van der Waals surface area (Å²) in [7, 11) is 0. The van der Waals surface area contributed by atoms with Gasteiger partial charge in [0, 0.05) is 11.5 Å². The molecule has 0 unspecified atom stereocenters. The SMILES string of the molecule is C=CC(=O)OCCCCCCOc1ccc2cc(C(=O)Oc3ccc(OC(=O)c4ccc5cc(OC(=O)c6ccc(OCC7(C)COC7)cc6)ccc5c4)c(CCC)c3)ccc2c1. The molecule has 1 fully saturated rings. The second-order valence-electron chi connectivity index (χ2n) is 15.9. The van der Waals surface area contributed by atoms with Crippen LogP contribution in [-0.4, -0.2) is 56.9 Å². The molecule has 1 aliphatic heterocycles. The van der Waals surface area contributed by atoms with E-state index in [1.165, 1.54) is 0 Å². The maximum absolute atomic E-state index is 13.4. The molecule has 0 amide bonds. The second kappa shape index (κ2) is 20.7. The topological polar surface area (TPSA) is 133 Å². The smallest absolute Gasteiger partial charge is 0.343 e. The van der Waals surface area contributed by atoms with Crippen molar-refractivity contribution >= 4 is 45.4 Å². The third-order valence-electron chi connectivity index (χ3n) is 10.6. The van der Waals surface area contributed by atoms with Crippen LogP contribution in [0.1, 0.15) is 82.6 Å². The van der Waals surface area contributed by atoms with Gasteiger partial charge in [-0.1, -0.05) is 51.1 Å². The van der Waals surface area contributed by atoms with Gasteiger partial charge in [-0.2, -0.15) is 0 Å². The van der Waals surface area contributed by atoms with Crippen LogP contribution in [0.5, 0.6) is 28.7 Å². The average molecular weight is 851 g/mol. The highest BCUT2D eigenvalue weighted by Crippen LogP contribution is 2.31. The molecule has 0 aliphatic carbocycles. The van der Waals surface area contributed by atoms with Crippen LogP contribution in [0.4, 0.5) is 0 Å². The number of carbonyl (C=O) groups is 4. The zero-order valence-corrected chi connectivity index (χ0v) is 35.5. The molecule has 0 aromatic heterocycles. The average Bonchev–Trinajstić information content (AvgIpc) is 3.29. The van der Waals surface area contributed by atoms with Crippen molar-refractivity contribution in [3.05, 3.63) is 150 Å². The summed E-state index contributed by atoms with van der Waals surface area (Å²) in [6.07, 6.45) is 6.09. The number of carbonyl (C=O) groups excluding carboxylic acids is 4. The maximum Gasteiger partial charge on any atom is 0.343 e. The van der Waals surface area contributed by atoms with Crippen molar-refractivity contribution in [3.8, 4) is 28.7 Å². The van der Waals surface area contributed by atoms with Crippen molar-refractivity contribution in [2.75, 3.05) is 33.0 Å². The summed E-state index contributed by atoms with van der Waals surface area (Å²) in [5, 5.41) is 3.33. The molecule has 11 nitrogen and oxygen atoms in total. The van der Waals surface area contributed by atoms with E-state index in [1.807, 2.05) is 31.2 Å². The van der Waals surface area contributed by atoms with E-state index < -0.39 is 23.9 Å². The van der Waals surface area contributed by atoms with Gasteiger partial charge in [-0.15, -0.1) is 0 Å². The number of aryl methyl sites for hydroxylation is 1. The fraction of sp³-hybridized carbons (Fsp3) is 0.269. The summed E-state index contributed by atoms with van der Waals surface area (Å²) in [5.41, 5.74) is 1.87. The van der Waals surface area contributed by atoms with Gasteiger partial charge in [-0.3, -0.25) is 0 Å². The lowest BCUT2D eigenvalue weighted by Crippen LogP contribution is -2.44. The summed E-state index contributed by atoms with van der Waals surface area (Å²) in [6.45, 7) is 10.3. The van der Waals surface area contributed by atoms with Gasteiger partial charge >= 0.3 is 23.9 Å². The van der Waals surface area contributed by atoms with E-state index in [4.69, 9.17) is 33.2 Å². The van der Waals surface area contributed by atoms with Gasteiger partial charge in [0.2, 0.25) is 0 Å². The third kappa shape index (κ3) is 11.9. The molecule has 6 aromatic carbocycles. The predicted octanol–water partition coefficient (Wildman–Crippen LogP) is 10.7. The Morgan fingerprint density at radius 2 is 1.11 bits per heavy atom. The van der Waals surface area contributed by atoms with E-state index in [1.54, 1.807) is 91.0 Å². The van der Waals surface area contributed by atoms with Crippen LogP contribution >= 0.6 is 0 Å². The molecule has 0 N–H and O–H groups in total. The van der Waals surface area contributed by atoms with E-state index in [2.05, 4.69) is 13.5 Å². The van der Waals surface area contributed by atoms with Gasteiger partial charge in [-0.05, 0) is 150 Å². The molecule has 1 heterocycles. The number of esters is 4. The normalized spacial score (nSPS) is 12.8. The summed E-state index contributed by atoms with van der Waals surface area (Å²) >= 11 is 0. The molecular formula is C52H50O11. The first kappa shape index (κ1) is 44.1. The zero-order chi connectivity index (χ0) is 44.2. The Hall–Kier alpha value is -6.98. The van der Waals surface area contributed by atoms with Gasteiger partial charge in [-0.25, -0.2) is 19.2 Å². The molecule has 6 aromatic rings. The van der Waals surface area contributed by atoms with E-state index in [0.717, 1.165) is 71.0 Å². The fourth-order valence-corrected chi connectivity index (χ4v) is 6.99. The Labute approximate surface area is 366 Å². The lowest BCUT2D eigenvalue weighted by molar-refractivity contribution is -0.137. The molecule has 11 heteroatoms. The van der Waals surface area contributed by atoms with Crippen LogP contribution in [0.15, 0.2) is 128 Å². The largest absolute Gasteiger partial charge is 0.494 e. The Morgan fingerprint density at radius 1 is 0.587 bits per heavy atom. The molecule has 0 saturated carbocycles. The lowest BCUT2D eigenvalue weighted by Gasteiger charge is -2.37. The molecule has 0 bridgehead atoms. The van der Waals surface area contributed by atoms with Crippen LogP contribution in [0, 0.1) is 5.41 Å². The number of benzene rings is 6. The maximum atomic E-state index is 13.4. The first-order chi connectivity index (χ1) is 30.6. The highest BCUT2D eigenvalue weighted by molar-refractivity contribution is 5.98. The van der Waals surface area contributed by atoms with Crippen molar-refractivity contribution in [2.24, 2.45) is 5.41 Å². The Kier molecular flexibility index (Phi) is 14.5. The standard InChI is InChI=1S/C52H50O11/c1-4-10-40-31-46(62-50(55)41-13-11-38-29-44(21-17-36(38)27-41)58-25-8-6-7-9-26-59-48(53)5-2)23-24-47(40)63-51(56)42-14-12-39-30-45(22-18-37(39)28-42)61-49(54)35-15-19-43(20-16-35)60-34-52(3)32-57-33-52/h5,11-24,27-31H,2,4,6-10,25-26,32-34H2,1,3H3. The number of ether oxygens (including phenoxy) is 7. The van der Waals surface area contributed by atoms with Crippen molar-refractivity contribution in [2.45, 2.75) is 52.4 Å². The quantitative estimate of drug-likeness (QED) is 0.0314. The van der Waals surface area contributed by atoms with E-state index in [9.17, 15) is 19.2 Å². The minimum Gasteiger partial charge on any atom is -0.494 e. The zero-order valence-electron chi connectivity index (χ0n) is 35.5. The Balaban J connectivity index is 0.909. The molecule has 7 rings (SSSR count). The molecular weight excluding hydrogens is 801 g/mol. The van der Waals surface area contributed by atoms with Crippen LogP contribution in [0.3, 0.4) is 0 Å². The van der Waals surface area contributed by atoms with Crippen molar-refractivity contribution in [1.29, 1.82) is 0 Å². The molecule has 0 radical (unpaired) electrons. The number of fused-ring (bicyclic) bond motifs is 2. The first-order valence-corrected chi connectivity index (χ1v) is 21.2. The van der Waals surface area contributed by atoms with Gasteiger partial charge < -0.3 is 33.2 Å². The number of hydrogen-bond donors (Lipinski definition) is 0. The number of unbranched alkanes of at least 4 members (excludes halogenated alkanes) is 3. The molecule has 0 spiro atoms. The third-order valence-corrected chi connectivity index (χ3v) is 10.6. The molecule has 1 saturated heterocycles. The molecule has 63 heavy (non-hydrogen) atoms. The minimum absolute atomic E-state index is 0.0158. The van der Waals surface area contributed by atoms with Crippen LogP contribution in [0.25, 0.3) is 21.5 Å². The summed E-state index contributed by atoms with van der Waals surface area (Å²) in [4.78, 5) is 50.7. The van der Waals surface area contributed by atoms with E-state index in [-0.39, 0.29) is 5.41 Å². The van der Waals surface area contributed by atoms with Gasteiger partial charge in [0.15, 0.2) is 0 Å². The summed E-state index contributed by atoms with van der Waals surface area (Å²) in [5.74, 6) is 0.544. The van der Waals surface area contributed by atoms with Crippen molar-refractivity contribution in [1.82, 2.24) is 0 Å². The predicted molar refractivity (Wildman–Crippen MR) is 239 cm³/mol. The Morgan fingerprint density at radius 3 is 1.75 bits per heavy atom. The van der Waals surface area contributed by atoms with Gasteiger partial charge in [0.25, 0.3) is 0 Å². The molecule has 0 atom stereocenters. The van der Waals surface area contributed by atoms with Crippen LogP contribution in [0.2, 0.25) is 0 Å². The summed E-state index contributed by atoms with van der Waals surface area (Å²) < 4.78 is 39.4. The fourth-order valence-electron chi connectivity index (χ4n) is 6.99. The number of hydrogen-bond acceptors (Lipinski definition) is 11. The summed E-state index contributed by atoms with van der Waals surface area (Å²) in [6, 6.07) is 33.3. The van der Waals surface area contributed by atoms with Crippen LogP contribution in [-0.2, 0) is 20.7 Å². The van der Waals surface area contributed by atoms with Crippen molar-refractivity contribution < 1.29 is 52.3 Å². The molecule has 1 aliphatic rings. The number of rotatable bonds is 20. The monoisotopic (exact) mass is 850 g/mol. The van der Waals surface area contributed by atoms with E-state index in [0.29, 0.717) is 79.1 Å². The van der Waals surface area contributed by atoms with Crippen LogP contribution < -0.4 is 23.7 Å². The second-order valence-corrected chi connectivity index (χ2v) is 15.9. The minimum atomic E-state index is -0.539. The highest BCUT2D eigenvalue weighted by atomic mass is 16.6. The Bertz CT molecular complexity index is 2610. The van der Waals surface area contributed by atoms with Gasteiger partial charge in [0.1, 0.15) is 28.7 Å². The van der Waals surface area contributed by atoms with E-state index >= 15 is 0 Å². The van der Waals surface area contributed by atoms with Gasteiger partial charge in [0.05, 0.1) is 49.7 Å². The lowest BCUT2D eigenvalue weighted by atomic mass is 9.90. The first-order valence-electron chi connectivity index (χ1n) is 21.2.